The van der Waals surface area contributed by atoms with Crippen LogP contribution in [0.4, 0.5) is 0 Å². The summed E-state index contributed by atoms with van der Waals surface area (Å²) in [6.45, 7) is 3.03. The van der Waals surface area contributed by atoms with Crippen LogP contribution in [0.25, 0.3) is 10.8 Å². The van der Waals surface area contributed by atoms with Crippen LogP contribution in [-0.2, 0) is 29.1 Å². The largest absolute Gasteiger partial charge is 0.469 e. The third kappa shape index (κ3) is 6.53. The van der Waals surface area contributed by atoms with Gasteiger partial charge < -0.3 is 25.6 Å². The lowest BCUT2D eigenvalue weighted by atomic mass is 9.58. The zero-order valence-corrected chi connectivity index (χ0v) is 26.5. The summed E-state index contributed by atoms with van der Waals surface area (Å²) >= 11 is 0. The molecule has 2 aliphatic rings. The summed E-state index contributed by atoms with van der Waals surface area (Å²) < 4.78 is 34.0. The first-order chi connectivity index (χ1) is 21.0. The summed E-state index contributed by atoms with van der Waals surface area (Å²) in [5.41, 5.74) is 4.73. The molecule has 2 heterocycles. The Balaban J connectivity index is 1.57. The van der Waals surface area contributed by atoms with Gasteiger partial charge in [0, 0.05) is 45.6 Å². The molecular weight excluding hydrogens is 584 g/mol. The maximum absolute atomic E-state index is 13.7. The van der Waals surface area contributed by atoms with Gasteiger partial charge in [0.05, 0.1) is 17.4 Å². The summed E-state index contributed by atoms with van der Waals surface area (Å²) in [7, 11) is -1.05. The fourth-order valence-corrected chi connectivity index (χ4v) is 8.33. The van der Waals surface area contributed by atoms with Crippen LogP contribution in [0.1, 0.15) is 45.4 Å². The minimum absolute atomic E-state index is 0.0704. The molecule has 12 nitrogen and oxygen atoms in total. The number of carbonyl (C=O) groups is 3. The molecule has 2 saturated heterocycles. The molecule has 0 bridgehead atoms. The predicted molar refractivity (Wildman–Crippen MR) is 167 cm³/mol. The van der Waals surface area contributed by atoms with Crippen LogP contribution in [-0.4, -0.2) is 88.3 Å². The highest BCUT2D eigenvalue weighted by Gasteiger charge is 2.57. The first kappa shape index (κ1) is 33.2. The summed E-state index contributed by atoms with van der Waals surface area (Å²) in [6.07, 6.45) is 2.72. The van der Waals surface area contributed by atoms with Gasteiger partial charge in [0.1, 0.15) is 6.04 Å². The van der Waals surface area contributed by atoms with Crippen molar-refractivity contribution < 1.29 is 27.5 Å². The van der Waals surface area contributed by atoms with Gasteiger partial charge in [-0.1, -0.05) is 37.3 Å². The zero-order chi connectivity index (χ0) is 32.1. The summed E-state index contributed by atoms with van der Waals surface area (Å²) in [6, 6.07) is 11.3. The number of hydrogen-bond donors (Lipinski definition) is 4. The number of methoxy groups -OCH3 is 1. The molecule has 4 atom stereocenters. The van der Waals surface area contributed by atoms with Crippen LogP contribution in [0.5, 0.6) is 0 Å². The monoisotopic (exact) mass is 628 g/mol. The van der Waals surface area contributed by atoms with Crippen LogP contribution in [0, 0.1) is 22.7 Å². The molecule has 2 fully saturated rings. The molecule has 240 valence electrons. The van der Waals surface area contributed by atoms with Crippen LogP contribution < -0.4 is 15.8 Å². The quantitative estimate of drug-likeness (QED) is 0.176. The number of nitrogens with one attached hydrogen (secondary N) is 3. The van der Waals surface area contributed by atoms with Gasteiger partial charge in [-0.05, 0) is 60.9 Å². The van der Waals surface area contributed by atoms with Crippen molar-refractivity contribution in [1.29, 1.82) is 5.41 Å². The Morgan fingerprint density at radius 1 is 1.09 bits per heavy atom. The molecule has 13 heteroatoms. The van der Waals surface area contributed by atoms with E-state index in [2.05, 4.69) is 10.0 Å². The van der Waals surface area contributed by atoms with Gasteiger partial charge in [-0.3, -0.25) is 19.8 Å². The third-order valence-corrected chi connectivity index (χ3v) is 10.9. The average Bonchev–Trinajstić information content (AvgIpc) is 3.04. The Kier molecular flexibility index (Phi) is 10.5. The number of ether oxygens (including phenoxy) is 1. The zero-order valence-electron chi connectivity index (χ0n) is 25.7. The van der Waals surface area contributed by atoms with Crippen LogP contribution >= 0.6 is 0 Å². The van der Waals surface area contributed by atoms with Crippen molar-refractivity contribution in [3.05, 3.63) is 42.5 Å². The van der Waals surface area contributed by atoms with Crippen molar-refractivity contribution in [2.75, 3.05) is 40.3 Å². The molecule has 2 aliphatic heterocycles. The van der Waals surface area contributed by atoms with E-state index < -0.39 is 33.4 Å². The predicted octanol–water partition coefficient (Wildman–Crippen LogP) is 2.04. The summed E-state index contributed by atoms with van der Waals surface area (Å²) in [5, 5.41) is 12.4. The third-order valence-electron chi connectivity index (χ3n) is 9.43. The minimum atomic E-state index is -3.89. The smallest absolute Gasteiger partial charge is 0.312 e. The summed E-state index contributed by atoms with van der Waals surface area (Å²) in [5.74, 6) is -2.08. The number of nitrogens with zero attached hydrogens (tertiary/aromatic N) is 2. The van der Waals surface area contributed by atoms with Crippen LogP contribution in [0.2, 0.25) is 0 Å². The average molecular weight is 629 g/mol. The molecule has 2 amide bonds. The number of likely N-dealkylation sites (N-methyl/N-ethyl adjacent to an activating group) is 1. The number of rotatable bonds is 10. The lowest BCUT2D eigenvalue weighted by Crippen LogP contribution is -2.64. The topological polar surface area (TPSA) is 175 Å². The Bertz CT molecular complexity index is 1500. The maximum atomic E-state index is 13.7. The van der Waals surface area contributed by atoms with Crippen molar-refractivity contribution in [3.8, 4) is 0 Å². The standard InChI is InChI=1S/C31H44N6O6S/c1-4-31(29(40)43-3,23-11-7-17-36(20-23)30(32)33)25-12-8-18-37(27(25)28(39)34-2)26(38)15-16-35-44(41,42)24-14-13-21-9-5-6-10-22(21)19-24/h5-6,9-10,13-14,19,23,25,27,35H,4,7-8,11-12,15-18,20H2,1-3H3,(H3,32,33)(H,34,39)/t23-,25?,27?,31?/m1/s1. The first-order valence-corrected chi connectivity index (χ1v) is 16.6. The van der Waals surface area contributed by atoms with Crippen molar-refractivity contribution in [2.45, 2.75) is 56.4 Å². The Morgan fingerprint density at radius 2 is 1.80 bits per heavy atom. The molecule has 2 aromatic rings. The second-order valence-electron chi connectivity index (χ2n) is 11.6. The van der Waals surface area contributed by atoms with Gasteiger partial charge in [-0.15, -0.1) is 0 Å². The van der Waals surface area contributed by atoms with E-state index in [9.17, 15) is 22.8 Å². The molecule has 0 aliphatic carbocycles. The van der Waals surface area contributed by atoms with E-state index >= 15 is 0 Å². The number of piperidine rings is 2. The van der Waals surface area contributed by atoms with E-state index in [4.69, 9.17) is 15.9 Å². The molecule has 0 spiro atoms. The number of esters is 1. The molecule has 4 rings (SSSR count). The normalized spacial score (nSPS) is 22.2. The molecule has 44 heavy (non-hydrogen) atoms. The van der Waals surface area contributed by atoms with E-state index in [0.717, 1.165) is 17.2 Å². The summed E-state index contributed by atoms with van der Waals surface area (Å²) in [4.78, 5) is 44.3. The number of nitrogens with two attached hydrogens (primary N) is 1. The van der Waals surface area contributed by atoms with E-state index in [1.165, 1.54) is 25.1 Å². The Morgan fingerprint density at radius 3 is 2.45 bits per heavy atom. The molecule has 0 aromatic heterocycles. The van der Waals surface area contributed by atoms with Gasteiger partial charge in [-0.25, -0.2) is 13.1 Å². The molecule has 2 aromatic carbocycles. The lowest BCUT2D eigenvalue weighted by Gasteiger charge is -2.52. The van der Waals surface area contributed by atoms with Crippen molar-refractivity contribution >= 4 is 44.5 Å². The highest BCUT2D eigenvalue weighted by molar-refractivity contribution is 7.89. The van der Waals surface area contributed by atoms with Gasteiger partial charge >= 0.3 is 5.97 Å². The fraction of sp³-hybridized carbons (Fsp3) is 0.548. The Labute approximate surface area is 259 Å². The van der Waals surface area contributed by atoms with Crippen LogP contribution in [0.15, 0.2) is 47.4 Å². The van der Waals surface area contributed by atoms with E-state index in [1.807, 2.05) is 31.2 Å². The van der Waals surface area contributed by atoms with Crippen molar-refractivity contribution in [3.63, 3.8) is 0 Å². The van der Waals surface area contributed by atoms with Gasteiger partial charge in [0.25, 0.3) is 0 Å². The number of hydrogen-bond acceptors (Lipinski definition) is 7. The van der Waals surface area contributed by atoms with Crippen molar-refractivity contribution in [2.24, 2.45) is 23.0 Å². The second kappa shape index (κ2) is 13.9. The SMILES string of the molecule is CCC(C(=O)OC)(C1CCCN(C(=O)CCNS(=O)(=O)c2ccc3ccccc3c2)C1C(=O)NC)[C@@H]1CCCN(C(=N)N)C1. The number of likely N-dealkylation sites (tertiary alicyclic amines) is 2. The van der Waals surface area contributed by atoms with Gasteiger partial charge in [0.2, 0.25) is 21.8 Å². The molecule has 5 N–H and O–H groups in total. The van der Waals surface area contributed by atoms with Gasteiger partial charge in [0.15, 0.2) is 5.96 Å². The number of sulfonamides is 1. The second-order valence-corrected chi connectivity index (χ2v) is 13.4. The highest BCUT2D eigenvalue weighted by atomic mass is 32.2. The number of benzene rings is 2. The molecule has 0 radical (unpaired) electrons. The van der Waals surface area contributed by atoms with E-state index in [1.54, 1.807) is 17.0 Å². The minimum Gasteiger partial charge on any atom is -0.469 e. The lowest BCUT2D eigenvalue weighted by molar-refractivity contribution is -0.173. The molecule has 3 unspecified atom stereocenters. The maximum Gasteiger partial charge on any atom is 0.312 e. The Hall–Kier alpha value is -3.71. The van der Waals surface area contributed by atoms with E-state index in [-0.39, 0.29) is 41.6 Å². The highest BCUT2D eigenvalue weighted by Crippen LogP contribution is 2.50. The first-order valence-electron chi connectivity index (χ1n) is 15.2. The van der Waals surface area contributed by atoms with Crippen LogP contribution in [0.3, 0.4) is 0 Å². The molecule has 0 saturated carbocycles. The number of amides is 2. The number of fused-ring (bicyclic) bond motifs is 1. The number of carbonyl (C=O) groups excluding carboxylic acids is 3. The van der Waals surface area contributed by atoms with E-state index in [0.29, 0.717) is 45.3 Å². The number of guanidine groups is 1. The van der Waals surface area contributed by atoms with Crippen molar-refractivity contribution in [1.82, 2.24) is 19.8 Å². The van der Waals surface area contributed by atoms with Gasteiger partial charge in [-0.2, -0.15) is 0 Å². The molecular formula is C31H44N6O6S. The fourth-order valence-electron chi connectivity index (χ4n) is 7.26.